The third kappa shape index (κ3) is 3.55. The first-order chi connectivity index (χ1) is 9.72. The van der Waals surface area contributed by atoms with Crippen LogP contribution < -0.4 is 0 Å². The van der Waals surface area contributed by atoms with Crippen LogP contribution in [0.25, 0.3) is 12.2 Å². The van der Waals surface area contributed by atoms with Crippen molar-refractivity contribution in [3.63, 3.8) is 0 Å². The van der Waals surface area contributed by atoms with Gasteiger partial charge in [0.15, 0.2) is 5.78 Å². The zero-order chi connectivity index (χ0) is 14.4. The molecule has 100 valence electrons. The van der Waals surface area contributed by atoms with Gasteiger partial charge in [-0.25, -0.2) is 0 Å². The molecule has 0 radical (unpaired) electrons. The van der Waals surface area contributed by atoms with Crippen LogP contribution in [-0.2, 0) is 6.42 Å². The second-order valence-electron chi connectivity index (χ2n) is 4.62. The molecule has 0 atom stereocenters. The summed E-state index contributed by atoms with van der Waals surface area (Å²) in [6, 6.07) is 15.7. The van der Waals surface area contributed by atoms with E-state index < -0.39 is 0 Å². The van der Waals surface area contributed by atoms with Gasteiger partial charge >= 0.3 is 0 Å². The standard InChI is InChI=1S/C19H18O/c1-3-15-5-7-17(8-6-15)11-14-19(20)18-12-9-16(4-2)10-13-18/h4-14H,2-3H2,1H3. The second-order valence-corrected chi connectivity index (χ2v) is 4.62. The van der Waals surface area contributed by atoms with E-state index in [1.165, 1.54) is 5.56 Å². The summed E-state index contributed by atoms with van der Waals surface area (Å²) in [4.78, 5) is 12.0. The third-order valence-corrected chi connectivity index (χ3v) is 3.25. The number of carbonyl (C=O) groups is 1. The maximum absolute atomic E-state index is 12.0. The number of rotatable bonds is 5. The molecule has 1 nitrogen and oxygen atoms in total. The van der Waals surface area contributed by atoms with Gasteiger partial charge in [0.1, 0.15) is 0 Å². The molecule has 0 fully saturated rings. The van der Waals surface area contributed by atoms with Crippen molar-refractivity contribution in [1.29, 1.82) is 0 Å². The monoisotopic (exact) mass is 262 g/mol. The Morgan fingerprint density at radius 3 is 2.15 bits per heavy atom. The molecule has 1 heteroatoms. The summed E-state index contributed by atoms with van der Waals surface area (Å²) in [5.74, 6) is 0.0141. The van der Waals surface area contributed by atoms with Crippen LogP contribution in [0.3, 0.4) is 0 Å². The highest BCUT2D eigenvalue weighted by atomic mass is 16.1. The summed E-state index contributed by atoms with van der Waals surface area (Å²) in [5, 5.41) is 0. The Balaban J connectivity index is 2.08. The van der Waals surface area contributed by atoms with Gasteiger partial charge in [-0.3, -0.25) is 4.79 Å². The average Bonchev–Trinajstić information content (AvgIpc) is 2.53. The van der Waals surface area contributed by atoms with Crippen molar-refractivity contribution < 1.29 is 4.79 Å². The number of hydrogen-bond donors (Lipinski definition) is 0. The van der Waals surface area contributed by atoms with Crippen LogP contribution in [0.4, 0.5) is 0 Å². The van der Waals surface area contributed by atoms with Crippen LogP contribution in [0.5, 0.6) is 0 Å². The van der Waals surface area contributed by atoms with Gasteiger partial charge in [-0.2, -0.15) is 0 Å². The number of aryl methyl sites for hydroxylation is 1. The summed E-state index contributed by atoms with van der Waals surface area (Å²) in [6.45, 7) is 5.82. The van der Waals surface area contributed by atoms with Crippen molar-refractivity contribution in [3.8, 4) is 0 Å². The van der Waals surface area contributed by atoms with Crippen molar-refractivity contribution in [2.45, 2.75) is 13.3 Å². The summed E-state index contributed by atoms with van der Waals surface area (Å²) < 4.78 is 0. The summed E-state index contributed by atoms with van der Waals surface area (Å²) in [6.07, 6.45) is 6.25. The minimum Gasteiger partial charge on any atom is -0.289 e. The topological polar surface area (TPSA) is 17.1 Å². The smallest absolute Gasteiger partial charge is 0.185 e. The van der Waals surface area contributed by atoms with Crippen LogP contribution in [0.1, 0.15) is 34.0 Å². The Bertz CT molecular complexity index is 616. The quantitative estimate of drug-likeness (QED) is 0.559. The predicted octanol–water partition coefficient (Wildman–Crippen LogP) is 4.79. The van der Waals surface area contributed by atoms with E-state index in [-0.39, 0.29) is 5.78 Å². The summed E-state index contributed by atoms with van der Waals surface area (Å²) in [7, 11) is 0. The second kappa shape index (κ2) is 6.67. The predicted molar refractivity (Wildman–Crippen MR) is 85.7 cm³/mol. The van der Waals surface area contributed by atoms with Crippen molar-refractivity contribution in [2.75, 3.05) is 0 Å². The van der Waals surface area contributed by atoms with Crippen molar-refractivity contribution in [3.05, 3.63) is 83.4 Å². The van der Waals surface area contributed by atoms with E-state index in [0.29, 0.717) is 5.56 Å². The maximum Gasteiger partial charge on any atom is 0.185 e. The molecule has 0 amide bonds. The summed E-state index contributed by atoms with van der Waals surface area (Å²) in [5.41, 5.74) is 4.05. The Kier molecular flexibility index (Phi) is 4.67. The molecule has 0 aliphatic heterocycles. The number of benzene rings is 2. The average molecular weight is 262 g/mol. The van der Waals surface area contributed by atoms with Crippen LogP contribution >= 0.6 is 0 Å². The number of carbonyl (C=O) groups excluding carboxylic acids is 1. The first kappa shape index (κ1) is 14.0. The van der Waals surface area contributed by atoms with Gasteiger partial charge in [-0.15, -0.1) is 0 Å². The molecule has 0 spiro atoms. The number of ketones is 1. The normalized spacial score (nSPS) is 10.7. The minimum atomic E-state index is 0.0141. The molecule has 20 heavy (non-hydrogen) atoms. The summed E-state index contributed by atoms with van der Waals surface area (Å²) >= 11 is 0. The van der Waals surface area contributed by atoms with Gasteiger partial charge in [0.05, 0.1) is 0 Å². The molecular formula is C19H18O. The lowest BCUT2D eigenvalue weighted by Gasteiger charge is -1.99. The molecule has 2 aromatic carbocycles. The van der Waals surface area contributed by atoms with E-state index in [4.69, 9.17) is 0 Å². The first-order valence-electron chi connectivity index (χ1n) is 6.77. The highest BCUT2D eigenvalue weighted by Gasteiger charge is 2.00. The Morgan fingerprint density at radius 1 is 1.00 bits per heavy atom. The number of hydrogen-bond acceptors (Lipinski definition) is 1. The highest BCUT2D eigenvalue weighted by molar-refractivity contribution is 6.06. The molecule has 0 bridgehead atoms. The van der Waals surface area contributed by atoms with E-state index in [9.17, 15) is 4.79 Å². The molecule has 0 aliphatic carbocycles. The highest BCUT2D eigenvalue weighted by Crippen LogP contribution is 2.10. The van der Waals surface area contributed by atoms with Crippen LogP contribution in [0, 0.1) is 0 Å². The van der Waals surface area contributed by atoms with Gasteiger partial charge < -0.3 is 0 Å². The maximum atomic E-state index is 12.0. The van der Waals surface area contributed by atoms with Crippen molar-refractivity contribution >= 4 is 17.9 Å². The molecule has 0 aliphatic rings. The zero-order valence-corrected chi connectivity index (χ0v) is 11.7. The fourth-order valence-corrected chi connectivity index (χ4v) is 1.92. The molecule has 0 saturated heterocycles. The molecule has 2 rings (SSSR count). The molecular weight excluding hydrogens is 244 g/mol. The van der Waals surface area contributed by atoms with Gasteiger partial charge in [-0.05, 0) is 29.2 Å². The molecule has 2 aromatic rings. The van der Waals surface area contributed by atoms with E-state index in [1.807, 2.05) is 42.5 Å². The first-order valence-corrected chi connectivity index (χ1v) is 6.77. The van der Waals surface area contributed by atoms with Crippen molar-refractivity contribution in [1.82, 2.24) is 0 Å². The lowest BCUT2D eigenvalue weighted by molar-refractivity contribution is 0.104. The SMILES string of the molecule is C=Cc1ccc(C(=O)C=Cc2ccc(CC)cc2)cc1. The van der Waals surface area contributed by atoms with Crippen LogP contribution in [-0.4, -0.2) is 5.78 Å². The fourth-order valence-electron chi connectivity index (χ4n) is 1.92. The van der Waals surface area contributed by atoms with E-state index >= 15 is 0 Å². The Morgan fingerprint density at radius 2 is 1.60 bits per heavy atom. The number of allylic oxidation sites excluding steroid dienone is 1. The minimum absolute atomic E-state index is 0.0141. The Labute approximate surface area is 120 Å². The van der Waals surface area contributed by atoms with Crippen LogP contribution in [0.2, 0.25) is 0 Å². The fraction of sp³-hybridized carbons (Fsp3) is 0.105. The van der Waals surface area contributed by atoms with Crippen LogP contribution in [0.15, 0.2) is 61.2 Å². The van der Waals surface area contributed by atoms with Crippen molar-refractivity contribution in [2.24, 2.45) is 0 Å². The van der Waals surface area contributed by atoms with E-state index in [1.54, 1.807) is 12.2 Å². The Hall–Kier alpha value is -2.41. The van der Waals surface area contributed by atoms with E-state index in [2.05, 4.69) is 25.6 Å². The van der Waals surface area contributed by atoms with E-state index in [0.717, 1.165) is 17.5 Å². The molecule has 0 N–H and O–H groups in total. The molecule has 0 unspecified atom stereocenters. The molecule has 0 aromatic heterocycles. The van der Waals surface area contributed by atoms with Gasteiger partial charge in [0, 0.05) is 5.56 Å². The molecule has 0 heterocycles. The van der Waals surface area contributed by atoms with Gasteiger partial charge in [-0.1, -0.05) is 74.2 Å². The largest absolute Gasteiger partial charge is 0.289 e. The van der Waals surface area contributed by atoms with Gasteiger partial charge in [0.25, 0.3) is 0 Å². The molecule has 0 saturated carbocycles. The zero-order valence-electron chi connectivity index (χ0n) is 11.7. The van der Waals surface area contributed by atoms with Gasteiger partial charge in [0.2, 0.25) is 0 Å². The lowest BCUT2D eigenvalue weighted by atomic mass is 10.1. The lowest BCUT2D eigenvalue weighted by Crippen LogP contribution is -1.93. The third-order valence-electron chi connectivity index (χ3n) is 3.25.